The Labute approximate surface area is 123 Å². The fourth-order valence-electron chi connectivity index (χ4n) is 2.81. The number of methoxy groups -OCH3 is 1. The van der Waals surface area contributed by atoms with E-state index in [1.807, 2.05) is 13.8 Å². The molecule has 0 saturated carbocycles. The second-order valence-electron chi connectivity index (χ2n) is 6.36. The summed E-state index contributed by atoms with van der Waals surface area (Å²) in [4.78, 5) is 16.4. The van der Waals surface area contributed by atoms with Gasteiger partial charge in [0.25, 0.3) is 0 Å². The van der Waals surface area contributed by atoms with Crippen molar-refractivity contribution in [1.29, 1.82) is 0 Å². The minimum atomic E-state index is -0.240. The number of hydrogen-bond donors (Lipinski definition) is 1. The van der Waals surface area contributed by atoms with Gasteiger partial charge in [-0.15, -0.1) is 0 Å². The van der Waals surface area contributed by atoms with Gasteiger partial charge >= 0.3 is 5.97 Å². The van der Waals surface area contributed by atoms with E-state index >= 15 is 0 Å². The van der Waals surface area contributed by atoms with E-state index in [-0.39, 0.29) is 18.1 Å². The highest BCUT2D eigenvalue weighted by molar-refractivity contribution is 5.75. The molecule has 0 aromatic rings. The summed E-state index contributed by atoms with van der Waals surface area (Å²) in [6.07, 6.45) is 2.50. The third-order valence-corrected chi connectivity index (χ3v) is 3.92. The topological polar surface area (TPSA) is 44.8 Å². The van der Waals surface area contributed by atoms with Gasteiger partial charge in [-0.2, -0.15) is 0 Å². The highest BCUT2D eigenvalue weighted by Crippen LogP contribution is 2.16. The number of piperidine rings is 1. The molecule has 0 aromatic heterocycles. The van der Waals surface area contributed by atoms with Crippen molar-refractivity contribution in [2.24, 2.45) is 5.92 Å². The van der Waals surface area contributed by atoms with Gasteiger partial charge in [0.2, 0.25) is 0 Å². The maximum absolute atomic E-state index is 11.8. The smallest absolute Gasteiger partial charge is 0.324 e. The lowest BCUT2D eigenvalue weighted by Gasteiger charge is -2.33. The second-order valence-corrected chi connectivity index (χ2v) is 6.36. The molecule has 5 heteroatoms. The molecular weight excluding hydrogens is 254 g/mol. The van der Waals surface area contributed by atoms with Crippen LogP contribution < -0.4 is 5.32 Å². The van der Waals surface area contributed by atoms with Crippen molar-refractivity contribution >= 4 is 5.97 Å². The van der Waals surface area contributed by atoms with Crippen LogP contribution in [0.25, 0.3) is 0 Å². The van der Waals surface area contributed by atoms with E-state index in [0.29, 0.717) is 6.54 Å². The Kier molecular flexibility index (Phi) is 7.48. The number of ether oxygens (including phenoxy) is 1. The number of rotatable bonds is 7. The van der Waals surface area contributed by atoms with Crippen LogP contribution in [0.2, 0.25) is 0 Å². The van der Waals surface area contributed by atoms with Gasteiger partial charge in [0.05, 0.1) is 7.11 Å². The minimum Gasteiger partial charge on any atom is -0.468 e. The predicted octanol–water partition coefficient (Wildman–Crippen LogP) is 0.800. The van der Waals surface area contributed by atoms with Crippen LogP contribution in [-0.2, 0) is 9.53 Å². The molecule has 1 atom stereocenters. The van der Waals surface area contributed by atoms with E-state index in [0.717, 1.165) is 12.5 Å². The summed E-state index contributed by atoms with van der Waals surface area (Å²) in [6.45, 7) is 8.23. The van der Waals surface area contributed by atoms with Crippen molar-refractivity contribution < 1.29 is 9.53 Å². The summed E-state index contributed by atoms with van der Waals surface area (Å²) in [5.41, 5.74) is 0. The molecular formula is C15H31N3O2. The number of nitrogens with one attached hydrogen (secondary N) is 1. The van der Waals surface area contributed by atoms with E-state index in [1.54, 1.807) is 0 Å². The van der Waals surface area contributed by atoms with Crippen LogP contribution in [0.4, 0.5) is 0 Å². The molecule has 1 aliphatic rings. The lowest BCUT2D eigenvalue weighted by atomic mass is 9.96. The van der Waals surface area contributed by atoms with Crippen LogP contribution in [0.5, 0.6) is 0 Å². The molecule has 5 nitrogen and oxygen atoms in total. The summed E-state index contributed by atoms with van der Waals surface area (Å²) in [5.74, 6) is 0.572. The number of likely N-dealkylation sites (tertiary alicyclic amines) is 1. The summed E-state index contributed by atoms with van der Waals surface area (Å²) >= 11 is 0. The van der Waals surface area contributed by atoms with Crippen LogP contribution in [0, 0.1) is 5.92 Å². The maximum atomic E-state index is 11.8. The van der Waals surface area contributed by atoms with Crippen LogP contribution in [0.15, 0.2) is 0 Å². The molecule has 118 valence electrons. The zero-order valence-corrected chi connectivity index (χ0v) is 13.7. The predicted molar refractivity (Wildman–Crippen MR) is 81.8 cm³/mol. The molecule has 0 aromatic carbocycles. The van der Waals surface area contributed by atoms with Crippen LogP contribution in [0.3, 0.4) is 0 Å². The van der Waals surface area contributed by atoms with E-state index in [2.05, 4.69) is 29.2 Å². The number of hydrogen-bond acceptors (Lipinski definition) is 5. The fourth-order valence-corrected chi connectivity index (χ4v) is 2.81. The van der Waals surface area contributed by atoms with Crippen molar-refractivity contribution in [3.8, 4) is 0 Å². The molecule has 1 N–H and O–H groups in total. The van der Waals surface area contributed by atoms with Gasteiger partial charge in [-0.25, -0.2) is 0 Å². The lowest BCUT2D eigenvalue weighted by molar-refractivity contribution is -0.143. The van der Waals surface area contributed by atoms with E-state index in [1.165, 1.54) is 33.0 Å². The average Bonchev–Trinajstić information content (AvgIpc) is 2.39. The van der Waals surface area contributed by atoms with Crippen LogP contribution in [-0.4, -0.2) is 75.2 Å². The van der Waals surface area contributed by atoms with Gasteiger partial charge in [-0.3, -0.25) is 4.79 Å². The van der Waals surface area contributed by atoms with E-state index < -0.39 is 0 Å². The second kappa shape index (κ2) is 8.60. The third kappa shape index (κ3) is 6.20. The van der Waals surface area contributed by atoms with Crippen LogP contribution in [0.1, 0.15) is 26.7 Å². The molecule has 0 aliphatic carbocycles. The summed E-state index contributed by atoms with van der Waals surface area (Å²) in [5, 5.41) is 3.28. The first-order valence-electron chi connectivity index (χ1n) is 7.63. The SMILES string of the molecule is COC(=O)C(CN(C)CC1CCN(C)CC1)NC(C)C. The van der Waals surface area contributed by atoms with E-state index in [4.69, 9.17) is 4.74 Å². The first-order valence-corrected chi connectivity index (χ1v) is 7.63. The number of esters is 1. The molecule has 1 unspecified atom stereocenters. The summed E-state index contributed by atoms with van der Waals surface area (Å²) in [6, 6.07) is 0.0343. The van der Waals surface area contributed by atoms with E-state index in [9.17, 15) is 4.79 Å². The Morgan fingerprint density at radius 2 is 2.00 bits per heavy atom. The molecule has 0 amide bonds. The van der Waals surface area contributed by atoms with Gasteiger partial charge in [0.15, 0.2) is 0 Å². The molecule has 0 radical (unpaired) electrons. The highest BCUT2D eigenvalue weighted by atomic mass is 16.5. The van der Waals surface area contributed by atoms with Gasteiger partial charge in [0, 0.05) is 19.1 Å². The third-order valence-electron chi connectivity index (χ3n) is 3.92. The standard InChI is InChI=1S/C15H31N3O2/c1-12(2)16-14(15(19)20-5)11-18(4)10-13-6-8-17(3)9-7-13/h12-14,16H,6-11H2,1-5H3. The van der Waals surface area contributed by atoms with Crippen molar-refractivity contribution in [2.75, 3.05) is 47.4 Å². The number of carbonyl (C=O) groups is 1. The molecule has 0 bridgehead atoms. The zero-order chi connectivity index (χ0) is 15.1. The Morgan fingerprint density at radius 3 is 2.50 bits per heavy atom. The van der Waals surface area contributed by atoms with Gasteiger partial charge < -0.3 is 19.9 Å². The Hall–Kier alpha value is -0.650. The van der Waals surface area contributed by atoms with Crippen molar-refractivity contribution in [3.63, 3.8) is 0 Å². The minimum absolute atomic E-state index is 0.172. The Balaban J connectivity index is 2.40. The quantitative estimate of drug-likeness (QED) is 0.701. The van der Waals surface area contributed by atoms with Gasteiger partial charge in [-0.1, -0.05) is 13.8 Å². The van der Waals surface area contributed by atoms with Gasteiger partial charge in [0.1, 0.15) is 6.04 Å². The molecule has 1 saturated heterocycles. The number of nitrogens with zero attached hydrogens (tertiary/aromatic N) is 2. The number of carbonyl (C=O) groups excluding carboxylic acids is 1. The summed E-state index contributed by atoms with van der Waals surface area (Å²) < 4.78 is 4.88. The Bertz CT molecular complexity index is 289. The lowest BCUT2D eigenvalue weighted by Crippen LogP contribution is -2.49. The zero-order valence-electron chi connectivity index (χ0n) is 13.7. The van der Waals surface area contributed by atoms with Gasteiger partial charge in [-0.05, 0) is 45.9 Å². The molecule has 1 heterocycles. The highest BCUT2D eigenvalue weighted by Gasteiger charge is 2.24. The monoisotopic (exact) mass is 285 g/mol. The molecule has 0 spiro atoms. The van der Waals surface area contributed by atoms with Crippen molar-refractivity contribution in [1.82, 2.24) is 15.1 Å². The maximum Gasteiger partial charge on any atom is 0.324 e. The van der Waals surface area contributed by atoms with Crippen LogP contribution >= 0.6 is 0 Å². The van der Waals surface area contributed by atoms with Crippen molar-refractivity contribution in [2.45, 2.75) is 38.8 Å². The Morgan fingerprint density at radius 1 is 1.40 bits per heavy atom. The first kappa shape index (κ1) is 17.4. The molecule has 1 aliphatic heterocycles. The molecule has 1 fully saturated rings. The number of likely N-dealkylation sites (N-methyl/N-ethyl adjacent to an activating group) is 1. The summed E-state index contributed by atoms with van der Waals surface area (Å²) in [7, 11) is 5.73. The fraction of sp³-hybridized carbons (Fsp3) is 0.933. The molecule has 20 heavy (non-hydrogen) atoms. The largest absolute Gasteiger partial charge is 0.468 e. The normalized spacial score (nSPS) is 19.6. The average molecular weight is 285 g/mol. The van der Waals surface area contributed by atoms with Crippen molar-refractivity contribution in [3.05, 3.63) is 0 Å². The molecule has 1 rings (SSSR count). The first-order chi connectivity index (χ1) is 9.42.